The van der Waals surface area contributed by atoms with Crippen LogP contribution in [0.15, 0.2) is 42.5 Å². The second-order valence-corrected chi connectivity index (χ2v) is 11.1. The van der Waals surface area contributed by atoms with Crippen molar-refractivity contribution < 1.29 is 23.9 Å². The monoisotopic (exact) mass is 545 g/mol. The van der Waals surface area contributed by atoms with Gasteiger partial charge in [0.1, 0.15) is 10.8 Å². The van der Waals surface area contributed by atoms with E-state index < -0.39 is 23.9 Å². The molecule has 8 nitrogen and oxygen atoms in total. The molecule has 2 aromatic carbocycles. The molecule has 0 spiro atoms. The van der Waals surface area contributed by atoms with Gasteiger partial charge in [-0.15, -0.1) is 11.3 Å². The van der Waals surface area contributed by atoms with Crippen molar-refractivity contribution >= 4 is 45.2 Å². The number of esters is 2. The highest BCUT2D eigenvalue weighted by Gasteiger charge is 2.30. The zero-order chi connectivity index (χ0) is 27.7. The maximum Gasteiger partial charge on any atom is 0.341 e. The Morgan fingerprint density at radius 3 is 2.67 bits per heavy atom. The van der Waals surface area contributed by atoms with Gasteiger partial charge in [0.05, 0.1) is 28.8 Å². The molecule has 2 N–H and O–H groups in total. The third kappa shape index (κ3) is 5.59. The van der Waals surface area contributed by atoms with E-state index in [-0.39, 0.29) is 6.61 Å². The number of carbonyl (C=O) groups excluding carboxylic acids is 3. The maximum absolute atomic E-state index is 13.0. The van der Waals surface area contributed by atoms with E-state index in [1.165, 1.54) is 18.3 Å². The molecule has 1 amide bonds. The number of benzene rings is 2. The van der Waals surface area contributed by atoms with E-state index in [0.717, 1.165) is 46.3 Å². The predicted molar refractivity (Wildman–Crippen MR) is 151 cm³/mol. The summed E-state index contributed by atoms with van der Waals surface area (Å²) in [7, 11) is 0. The summed E-state index contributed by atoms with van der Waals surface area (Å²) in [5.41, 5.74) is 5.18. The number of ether oxygens (including phenoxy) is 2. The lowest BCUT2D eigenvalue weighted by molar-refractivity contribution is -0.123. The van der Waals surface area contributed by atoms with E-state index >= 15 is 0 Å². The molecule has 39 heavy (non-hydrogen) atoms. The van der Waals surface area contributed by atoms with Gasteiger partial charge in [-0.05, 0) is 69.7 Å². The number of aromatic nitrogens is 2. The highest BCUT2D eigenvalue weighted by Crippen LogP contribution is 2.40. The minimum atomic E-state index is -1.08. The molecule has 2 heterocycles. The molecule has 0 bridgehead atoms. The van der Waals surface area contributed by atoms with Gasteiger partial charge >= 0.3 is 11.9 Å². The predicted octanol–water partition coefficient (Wildman–Crippen LogP) is 6.09. The van der Waals surface area contributed by atoms with E-state index in [1.807, 2.05) is 31.2 Å². The summed E-state index contributed by atoms with van der Waals surface area (Å²) in [5, 5.41) is 3.27. The van der Waals surface area contributed by atoms with Gasteiger partial charge in [-0.1, -0.05) is 36.8 Å². The number of imidazole rings is 1. The van der Waals surface area contributed by atoms with Crippen LogP contribution in [0.25, 0.3) is 22.4 Å². The topological polar surface area (TPSA) is 110 Å². The zero-order valence-corrected chi connectivity index (χ0v) is 23.2. The maximum atomic E-state index is 13.0. The van der Waals surface area contributed by atoms with Crippen molar-refractivity contribution in [2.24, 2.45) is 5.92 Å². The number of aromatic amines is 1. The van der Waals surface area contributed by atoms with Gasteiger partial charge in [-0.2, -0.15) is 0 Å². The van der Waals surface area contributed by atoms with Gasteiger partial charge in [-0.3, -0.25) is 4.79 Å². The van der Waals surface area contributed by atoms with E-state index in [9.17, 15) is 14.4 Å². The van der Waals surface area contributed by atoms with Gasteiger partial charge in [0.15, 0.2) is 6.10 Å². The van der Waals surface area contributed by atoms with Crippen molar-refractivity contribution in [1.82, 2.24) is 9.97 Å². The lowest BCUT2D eigenvalue weighted by atomic mass is 9.88. The summed E-state index contributed by atoms with van der Waals surface area (Å²) < 4.78 is 10.8. The van der Waals surface area contributed by atoms with Gasteiger partial charge < -0.3 is 19.8 Å². The lowest BCUT2D eigenvalue weighted by Crippen LogP contribution is -2.30. The van der Waals surface area contributed by atoms with Crippen molar-refractivity contribution in [1.29, 1.82) is 0 Å². The van der Waals surface area contributed by atoms with Crippen molar-refractivity contribution in [2.75, 3.05) is 11.9 Å². The van der Waals surface area contributed by atoms with Crippen LogP contribution in [0.1, 0.15) is 63.9 Å². The second-order valence-electron chi connectivity index (χ2n) is 10.00. The van der Waals surface area contributed by atoms with Crippen molar-refractivity contribution in [3.05, 3.63) is 69.6 Å². The molecule has 1 aliphatic rings. The minimum absolute atomic E-state index is 0.244. The summed E-state index contributed by atoms with van der Waals surface area (Å²) in [5.74, 6) is -0.369. The number of hydrogen-bond acceptors (Lipinski definition) is 7. The number of hydrogen-bond donors (Lipinski definition) is 2. The number of anilines is 1. The molecule has 4 aromatic rings. The average molecular weight is 546 g/mol. The van der Waals surface area contributed by atoms with Crippen LogP contribution >= 0.6 is 11.3 Å². The summed E-state index contributed by atoms with van der Waals surface area (Å²) in [4.78, 5) is 47.7. The zero-order valence-electron chi connectivity index (χ0n) is 22.4. The first-order chi connectivity index (χ1) is 18.7. The molecule has 9 heteroatoms. The van der Waals surface area contributed by atoms with E-state index in [4.69, 9.17) is 9.47 Å². The highest BCUT2D eigenvalue weighted by atomic mass is 32.1. The quantitative estimate of drug-likeness (QED) is 0.272. The van der Waals surface area contributed by atoms with Crippen molar-refractivity contribution in [2.45, 2.75) is 53.1 Å². The van der Waals surface area contributed by atoms with Crippen LogP contribution in [0.2, 0.25) is 0 Å². The minimum Gasteiger partial charge on any atom is -0.462 e. The molecule has 1 aliphatic carbocycles. The van der Waals surface area contributed by atoms with Crippen LogP contribution in [0, 0.1) is 12.8 Å². The number of aryl methyl sites for hydroxylation is 1. The molecule has 202 valence electrons. The standard InChI is InChI=1S/C30H31N3O5S/c1-5-37-30(36)25-21-12-8-17(3)14-24(21)39-28(25)33-27(34)18(4)38-29(35)20-11-13-22-23(15-20)32-26(31-22)19-9-6-16(2)7-10-19/h6-7,9-11,13,15,17-18H,5,8,12,14H2,1-4H3,(H,31,32)(H,33,34). The van der Waals surface area contributed by atoms with Crippen molar-refractivity contribution in [3.8, 4) is 11.4 Å². The summed E-state index contributed by atoms with van der Waals surface area (Å²) in [6, 6.07) is 13.0. The molecular formula is C30H31N3O5S. The van der Waals surface area contributed by atoms with Crippen LogP contribution in [0.3, 0.4) is 0 Å². The Morgan fingerprint density at radius 2 is 1.92 bits per heavy atom. The smallest absolute Gasteiger partial charge is 0.341 e. The Bertz CT molecular complexity index is 1550. The Hall–Kier alpha value is -3.98. The molecule has 0 saturated heterocycles. The van der Waals surface area contributed by atoms with Crippen LogP contribution in [0.5, 0.6) is 0 Å². The third-order valence-corrected chi connectivity index (χ3v) is 8.09. The largest absolute Gasteiger partial charge is 0.462 e. The summed E-state index contributed by atoms with van der Waals surface area (Å²) in [6.07, 6.45) is 1.52. The fourth-order valence-corrected chi connectivity index (χ4v) is 6.14. The first-order valence-corrected chi connectivity index (χ1v) is 14.0. The van der Waals surface area contributed by atoms with Gasteiger partial charge in [0.2, 0.25) is 0 Å². The first kappa shape index (κ1) is 26.6. The highest BCUT2D eigenvalue weighted by molar-refractivity contribution is 7.17. The third-order valence-electron chi connectivity index (χ3n) is 6.92. The molecule has 2 unspecified atom stereocenters. The number of nitrogens with zero attached hydrogens (tertiary/aromatic N) is 1. The lowest BCUT2D eigenvalue weighted by Gasteiger charge is -2.18. The van der Waals surface area contributed by atoms with E-state index in [0.29, 0.717) is 33.4 Å². The Balaban J connectivity index is 1.30. The SMILES string of the molecule is CCOC(=O)c1c(NC(=O)C(C)OC(=O)c2ccc3nc(-c4ccc(C)cc4)[nH]c3c2)sc2c1CCC(C)C2. The Kier molecular flexibility index (Phi) is 7.52. The van der Waals surface area contributed by atoms with Crippen LogP contribution in [-0.2, 0) is 27.1 Å². The fourth-order valence-electron chi connectivity index (χ4n) is 4.74. The van der Waals surface area contributed by atoms with Gasteiger partial charge in [-0.25, -0.2) is 14.6 Å². The second kappa shape index (κ2) is 11.0. The number of thiophene rings is 1. The molecule has 5 rings (SSSR count). The molecular weight excluding hydrogens is 514 g/mol. The number of nitrogens with one attached hydrogen (secondary N) is 2. The number of carbonyl (C=O) groups is 3. The fraction of sp³-hybridized carbons (Fsp3) is 0.333. The number of fused-ring (bicyclic) bond motifs is 2. The van der Waals surface area contributed by atoms with Crippen LogP contribution < -0.4 is 5.32 Å². The molecule has 0 fully saturated rings. The molecule has 2 atom stereocenters. The van der Waals surface area contributed by atoms with E-state index in [1.54, 1.807) is 25.1 Å². The first-order valence-electron chi connectivity index (χ1n) is 13.1. The molecule has 0 aliphatic heterocycles. The van der Waals surface area contributed by atoms with Gasteiger partial charge in [0, 0.05) is 10.4 Å². The Morgan fingerprint density at radius 1 is 1.15 bits per heavy atom. The number of amides is 1. The van der Waals surface area contributed by atoms with Crippen LogP contribution in [-0.4, -0.2) is 40.5 Å². The average Bonchev–Trinajstić information content (AvgIpc) is 3.49. The summed E-state index contributed by atoms with van der Waals surface area (Å²) in [6.45, 7) is 7.71. The molecule has 2 aromatic heterocycles. The Labute approximate surface area is 230 Å². The van der Waals surface area contributed by atoms with Crippen LogP contribution in [0.4, 0.5) is 5.00 Å². The molecule has 0 saturated carbocycles. The van der Waals surface area contributed by atoms with Crippen molar-refractivity contribution in [3.63, 3.8) is 0 Å². The number of H-pyrrole nitrogens is 1. The van der Waals surface area contributed by atoms with Gasteiger partial charge in [0.25, 0.3) is 5.91 Å². The van der Waals surface area contributed by atoms with E-state index in [2.05, 4.69) is 22.2 Å². The summed E-state index contributed by atoms with van der Waals surface area (Å²) >= 11 is 1.40. The molecule has 0 radical (unpaired) electrons. The normalized spacial score (nSPS) is 15.4. The number of rotatable bonds is 7.